The molecular weight excluding hydrogens is 336 g/mol. The van der Waals surface area contributed by atoms with E-state index in [4.69, 9.17) is 11.6 Å². The van der Waals surface area contributed by atoms with Gasteiger partial charge in [0.25, 0.3) is 5.91 Å². The Morgan fingerprint density at radius 3 is 2.65 bits per heavy atom. The molecule has 2 N–H and O–H groups in total. The summed E-state index contributed by atoms with van der Waals surface area (Å²) in [6, 6.07) is 4.43. The van der Waals surface area contributed by atoms with Gasteiger partial charge in [0, 0.05) is 18.2 Å². The lowest BCUT2D eigenvalue weighted by molar-refractivity contribution is 0.0927. The van der Waals surface area contributed by atoms with E-state index in [1.165, 1.54) is 30.7 Å². The minimum absolute atomic E-state index is 0.0794. The molecule has 1 saturated carbocycles. The number of carbonyl (C=O) groups is 1. The van der Waals surface area contributed by atoms with Gasteiger partial charge in [-0.2, -0.15) is 0 Å². The van der Waals surface area contributed by atoms with E-state index in [1.807, 2.05) is 0 Å². The van der Waals surface area contributed by atoms with Gasteiger partial charge < -0.3 is 5.32 Å². The lowest BCUT2D eigenvalue weighted by Crippen LogP contribution is -2.36. The van der Waals surface area contributed by atoms with Crippen molar-refractivity contribution in [2.24, 2.45) is 0 Å². The van der Waals surface area contributed by atoms with E-state index < -0.39 is 10.0 Å². The fraction of sp³-hybridized carbons (Fsp3) is 0.438. The molecule has 0 aliphatic heterocycles. The van der Waals surface area contributed by atoms with Gasteiger partial charge >= 0.3 is 0 Å². The monoisotopic (exact) mass is 356 g/mol. The van der Waals surface area contributed by atoms with Crippen LogP contribution in [-0.4, -0.2) is 26.9 Å². The summed E-state index contributed by atoms with van der Waals surface area (Å²) in [4.78, 5) is 12.2. The standard InChI is InChI=1S/C16H21ClN2O3S/c1-2-10-18-23(21,22)15-11-12(8-9-14(15)17)16(20)19-13-6-4-3-5-7-13/h2,8-9,11,13,18H,1,3-7,10H2,(H,19,20). The zero-order valence-electron chi connectivity index (χ0n) is 12.8. The van der Waals surface area contributed by atoms with Crippen LogP contribution in [0.1, 0.15) is 42.5 Å². The molecule has 5 nitrogen and oxygen atoms in total. The van der Waals surface area contributed by atoms with Crippen molar-refractivity contribution in [1.82, 2.24) is 10.0 Å². The summed E-state index contributed by atoms with van der Waals surface area (Å²) >= 11 is 5.98. The van der Waals surface area contributed by atoms with E-state index in [9.17, 15) is 13.2 Å². The third kappa shape index (κ3) is 4.80. The lowest BCUT2D eigenvalue weighted by atomic mass is 9.95. The van der Waals surface area contributed by atoms with Crippen LogP contribution in [0.4, 0.5) is 0 Å². The molecule has 7 heteroatoms. The van der Waals surface area contributed by atoms with Gasteiger partial charge in [0.1, 0.15) is 4.90 Å². The number of carbonyl (C=O) groups excluding carboxylic acids is 1. The van der Waals surface area contributed by atoms with Crippen LogP contribution in [0.2, 0.25) is 5.02 Å². The van der Waals surface area contributed by atoms with Gasteiger partial charge in [0.05, 0.1) is 5.02 Å². The summed E-state index contributed by atoms with van der Waals surface area (Å²) in [5, 5.41) is 3.04. The zero-order chi connectivity index (χ0) is 16.9. The lowest BCUT2D eigenvalue weighted by Gasteiger charge is -2.22. The molecular formula is C16H21ClN2O3S. The zero-order valence-corrected chi connectivity index (χ0v) is 14.4. The van der Waals surface area contributed by atoms with E-state index in [1.54, 1.807) is 0 Å². The van der Waals surface area contributed by atoms with Gasteiger partial charge in [0.2, 0.25) is 10.0 Å². The molecule has 0 aromatic heterocycles. The molecule has 1 aromatic rings. The van der Waals surface area contributed by atoms with Crippen molar-refractivity contribution in [3.63, 3.8) is 0 Å². The van der Waals surface area contributed by atoms with Gasteiger partial charge in [-0.3, -0.25) is 4.79 Å². The molecule has 0 saturated heterocycles. The second kappa shape index (κ2) is 7.95. The van der Waals surface area contributed by atoms with E-state index >= 15 is 0 Å². The maximum atomic E-state index is 12.3. The maximum absolute atomic E-state index is 12.3. The first-order chi connectivity index (χ1) is 10.9. The Kier molecular flexibility index (Phi) is 6.21. The van der Waals surface area contributed by atoms with Gasteiger partial charge in [0.15, 0.2) is 0 Å². The van der Waals surface area contributed by atoms with Crippen molar-refractivity contribution in [2.45, 2.75) is 43.0 Å². The van der Waals surface area contributed by atoms with Crippen molar-refractivity contribution < 1.29 is 13.2 Å². The average molecular weight is 357 g/mol. The summed E-state index contributed by atoms with van der Waals surface area (Å²) in [6.07, 6.45) is 6.78. The topological polar surface area (TPSA) is 75.3 Å². The fourth-order valence-electron chi connectivity index (χ4n) is 2.61. The summed E-state index contributed by atoms with van der Waals surface area (Å²) in [7, 11) is -3.78. The summed E-state index contributed by atoms with van der Waals surface area (Å²) < 4.78 is 26.8. The molecule has 0 heterocycles. The SMILES string of the molecule is C=CCNS(=O)(=O)c1cc(C(=O)NC2CCCCC2)ccc1Cl. The van der Waals surface area contributed by atoms with E-state index in [2.05, 4.69) is 16.6 Å². The highest BCUT2D eigenvalue weighted by atomic mass is 35.5. The number of nitrogens with one attached hydrogen (secondary N) is 2. The van der Waals surface area contributed by atoms with Crippen LogP contribution in [0.3, 0.4) is 0 Å². The Bertz CT molecular complexity index is 683. The summed E-state index contributed by atoms with van der Waals surface area (Å²) in [5.74, 6) is -0.270. The largest absolute Gasteiger partial charge is 0.349 e. The maximum Gasteiger partial charge on any atom is 0.251 e. The van der Waals surface area contributed by atoms with Crippen molar-refractivity contribution in [2.75, 3.05) is 6.54 Å². The minimum Gasteiger partial charge on any atom is -0.349 e. The highest BCUT2D eigenvalue weighted by Crippen LogP contribution is 2.23. The molecule has 0 atom stereocenters. The number of hydrogen-bond donors (Lipinski definition) is 2. The number of benzene rings is 1. The highest BCUT2D eigenvalue weighted by Gasteiger charge is 2.21. The fourth-order valence-corrected chi connectivity index (χ4v) is 4.13. The minimum atomic E-state index is -3.78. The molecule has 0 unspecified atom stereocenters. The first-order valence-electron chi connectivity index (χ1n) is 7.65. The Balaban J connectivity index is 2.18. The molecule has 1 aliphatic rings. The smallest absolute Gasteiger partial charge is 0.251 e. The first kappa shape index (κ1) is 18.0. The van der Waals surface area contributed by atoms with Gasteiger partial charge in [-0.25, -0.2) is 13.1 Å². The molecule has 1 fully saturated rings. The predicted octanol–water partition coefficient (Wildman–Crippen LogP) is 2.87. The molecule has 0 bridgehead atoms. The Hall–Kier alpha value is -1.37. The molecule has 1 aliphatic carbocycles. The highest BCUT2D eigenvalue weighted by molar-refractivity contribution is 7.89. The Labute approximate surface area is 142 Å². The number of sulfonamides is 1. The van der Waals surface area contributed by atoms with E-state index in [-0.39, 0.29) is 28.4 Å². The average Bonchev–Trinajstić information content (AvgIpc) is 2.54. The summed E-state index contributed by atoms with van der Waals surface area (Å²) in [5.41, 5.74) is 0.291. The second-order valence-corrected chi connectivity index (χ2v) is 7.74. The van der Waals surface area contributed by atoms with Gasteiger partial charge in [-0.15, -0.1) is 6.58 Å². The van der Waals surface area contributed by atoms with Crippen molar-refractivity contribution >= 4 is 27.5 Å². The van der Waals surface area contributed by atoms with Crippen molar-refractivity contribution in [3.05, 3.63) is 41.4 Å². The van der Waals surface area contributed by atoms with Crippen LogP contribution >= 0.6 is 11.6 Å². The molecule has 1 aromatic carbocycles. The van der Waals surface area contributed by atoms with Crippen molar-refractivity contribution in [1.29, 1.82) is 0 Å². The van der Waals surface area contributed by atoms with Crippen LogP contribution in [0.15, 0.2) is 35.7 Å². The molecule has 0 radical (unpaired) electrons. The van der Waals surface area contributed by atoms with Crippen LogP contribution in [0.5, 0.6) is 0 Å². The van der Waals surface area contributed by atoms with Gasteiger partial charge in [-0.05, 0) is 31.0 Å². The molecule has 126 valence electrons. The van der Waals surface area contributed by atoms with E-state index in [0.717, 1.165) is 25.7 Å². The molecule has 1 amide bonds. The molecule has 0 spiro atoms. The molecule has 2 rings (SSSR count). The number of amides is 1. The quantitative estimate of drug-likeness (QED) is 0.769. The number of hydrogen-bond acceptors (Lipinski definition) is 3. The third-order valence-electron chi connectivity index (χ3n) is 3.84. The normalized spacial score (nSPS) is 16.0. The summed E-state index contributed by atoms with van der Waals surface area (Å²) in [6.45, 7) is 3.56. The van der Waals surface area contributed by atoms with Crippen LogP contribution in [0.25, 0.3) is 0 Å². The second-order valence-electron chi connectivity index (χ2n) is 5.59. The van der Waals surface area contributed by atoms with E-state index in [0.29, 0.717) is 5.56 Å². The Morgan fingerprint density at radius 1 is 1.30 bits per heavy atom. The predicted molar refractivity (Wildman–Crippen MR) is 91.2 cm³/mol. The van der Waals surface area contributed by atoms with Crippen molar-refractivity contribution in [3.8, 4) is 0 Å². The number of halogens is 1. The van der Waals surface area contributed by atoms with Gasteiger partial charge in [-0.1, -0.05) is 36.9 Å². The van der Waals surface area contributed by atoms with Crippen LogP contribution in [0, 0.1) is 0 Å². The molecule has 23 heavy (non-hydrogen) atoms. The first-order valence-corrected chi connectivity index (χ1v) is 9.51. The van der Waals surface area contributed by atoms with Crippen LogP contribution in [-0.2, 0) is 10.0 Å². The third-order valence-corrected chi connectivity index (χ3v) is 5.75. The Morgan fingerprint density at radius 2 is 2.00 bits per heavy atom. The number of rotatable bonds is 6. The van der Waals surface area contributed by atoms with Crippen LogP contribution < -0.4 is 10.0 Å².